The molecule has 0 spiro atoms. The first-order valence-corrected chi connectivity index (χ1v) is 9.01. The Morgan fingerprint density at radius 1 is 1.33 bits per heavy atom. The second-order valence-corrected chi connectivity index (χ2v) is 10.7. The molecule has 0 fully saturated rings. The Morgan fingerprint density at radius 2 is 1.87 bits per heavy atom. The van der Waals surface area contributed by atoms with Gasteiger partial charge in [0.05, 0.1) is 0 Å². The molecule has 0 aliphatic rings. The van der Waals surface area contributed by atoms with E-state index in [1.165, 1.54) is 0 Å². The van der Waals surface area contributed by atoms with Gasteiger partial charge in [-0.05, 0) is 31.0 Å². The van der Waals surface area contributed by atoms with Crippen molar-refractivity contribution in [1.29, 1.82) is 0 Å². The van der Waals surface area contributed by atoms with Crippen molar-refractivity contribution in [2.45, 2.75) is 51.7 Å². The summed E-state index contributed by atoms with van der Waals surface area (Å²) < 4.78 is 6.04. The van der Waals surface area contributed by atoms with Crippen LogP contribution in [0.3, 0.4) is 0 Å². The first-order chi connectivity index (χ1) is 6.70. The Kier molecular flexibility index (Phi) is 6.15. The van der Waals surface area contributed by atoms with Crippen LogP contribution in [-0.4, -0.2) is 20.8 Å². The molecule has 90 valence electrons. The molecular formula is C12H25ClOSi. The normalized spacial score (nSPS) is 12.9. The molecule has 0 aliphatic carbocycles. The molecule has 0 aromatic heterocycles. The molecule has 0 bridgehead atoms. The molecule has 0 N–H and O–H groups in total. The third-order valence-electron chi connectivity index (χ3n) is 3.13. The predicted molar refractivity (Wildman–Crippen MR) is 72.2 cm³/mol. The zero-order valence-electron chi connectivity index (χ0n) is 10.8. The Hall–Kier alpha value is 0.207. The quantitative estimate of drug-likeness (QED) is 0.289. The lowest BCUT2D eigenvalue weighted by molar-refractivity contribution is 0.282. The minimum Gasteiger partial charge on any atom is -0.417 e. The number of alkyl halides is 1. The first-order valence-electron chi connectivity index (χ1n) is 5.57. The van der Waals surface area contributed by atoms with Gasteiger partial charge in [-0.2, -0.15) is 0 Å². The van der Waals surface area contributed by atoms with Gasteiger partial charge in [0.25, 0.3) is 0 Å². The summed E-state index contributed by atoms with van der Waals surface area (Å²) in [6, 6.07) is 0. The van der Waals surface area contributed by atoms with E-state index in [1.54, 1.807) is 0 Å². The van der Waals surface area contributed by atoms with Gasteiger partial charge in [-0.1, -0.05) is 32.9 Å². The largest absolute Gasteiger partial charge is 0.417 e. The topological polar surface area (TPSA) is 9.23 Å². The molecule has 15 heavy (non-hydrogen) atoms. The molecule has 1 nitrogen and oxygen atoms in total. The smallest absolute Gasteiger partial charge is 0.191 e. The first kappa shape index (κ1) is 15.2. The number of hydrogen-bond donors (Lipinski definition) is 0. The molecule has 0 radical (unpaired) electrons. The van der Waals surface area contributed by atoms with E-state index in [1.807, 2.05) is 0 Å². The molecule has 0 rings (SSSR count). The van der Waals surface area contributed by atoms with E-state index in [-0.39, 0.29) is 0 Å². The molecule has 0 saturated carbocycles. The third kappa shape index (κ3) is 5.74. The number of allylic oxidation sites excluding steroid dienone is 1. The monoisotopic (exact) mass is 248 g/mol. The molecule has 0 amide bonds. The maximum absolute atomic E-state index is 6.04. The molecule has 0 aliphatic heterocycles. The van der Waals surface area contributed by atoms with E-state index in [0.717, 1.165) is 25.0 Å². The van der Waals surface area contributed by atoms with E-state index < -0.39 is 8.32 Å². The molecule has 0 aromatic rings. The summed E-state index contributed by atoms with van der Waals surface area (Å²) in [5, 5.41) is 0.302. The summed E-state index contributed by atoms with van der Waals surface area (Å²) in [7, 11) is -1.55. The van der Waals surface area contributed by atoms with Crippen LogP contribution in [0.2, 0.25) is 18.1 Å². The summed E-state index contributed by atoms with van der Waals surface area (Å²) in [6.45, 7) is 16.1. The molecule has 0 heterocycles. The fourth-order valence-electron chi connectivity index (χ4n) is 0.933. The number of rotatable bonds is 6. The highest BCUT2D eigenvalue weighted by atomic mass is 35.5. The molecule has 0 saturated heterocycles. The molecular weight excluding hydrogens is 224 g/mol. The Morgan fingerprint density at radius 3 is 2.27 bits per heavy atom. The van der Waals surface area contributed by atoms with E-state index >= 15 is 0 Å². The van der Waals surface area contributed by atoms with Crippen molar-refractivity contribution in [3.8, 4) is 0 Å². The lowest BCUT2D eigenvalue weighted by Crippen LogP contribution is -2.40. The summed E-state index contributed by atoms with van der Waals surface area (Å²) >= 11 is 5.66. The highest BCUT2D eigenvalue weighted by molar-refractivity contribution is 6.74. The minimum atomic E-state index is -1.55. The van der Waals surface area contributed by atoms with Gasteiger partial charge in [-0.25, -0.2) is 0 Å². The van der Waals surface area contributed by atoms with Crippen molar-refractivity contribution < 1.29 is 4.43 Å². The average molecular weight is 249 g/mol. The van der Waals surface area contributed by atoms with Gasteiger partial charge in [-0.15, -0.1) is 11.6 Å². The van der Waals surface area contributed by atoms with E-state index in [4.69, 9.17) is 16.0 Å². The molecule has 3 heteroatoms. The van der Waals surface area contributed by atoms with Gasteiger partial charge >= 0.3 is 0 Å². The van der Waals surface area contributed by atoms with Crippen molar-refractivity contribution in [2.24, 2.45) is 0 Å². The minimum absolute atomic E-state index is 0.302. The van der Waals surface area contributed by atoms with Crippen LogP contribution in [0.5, 0.6) is 0 Å². The highest BCUT2D eigenvalue weighted by Gasteiger charge is 2.36. The molecule has 0 aromatic carbocycles. The van der Waals surface area contributed by atoms with Gasteiger partial charge in [0, 0.05) is 12.5 Å². The number of halogens is 1. The van der Waals surface area contributed by atoms with Gasteiger partial charge in [0.1, 0.15) is 0 Å². The van der Waals surface area contributed by atoms with Crippen LogP contribution in [0.15, 0.2) is 12.2 Å². The highest BCUT2D eigenvalue weighted by Crippen LogP contribution is 2.36. The lowest BCUT2D eigenvalue weighted by atomic mass is 10.2. The van der Waals surface area contributed by atoms with Crippen LogP contribution in [0.1, 0.15) is 33.6 Å². The van der Waals surface area contributed by atoms with Crippen LogP contribution in [0, 0.1) is 0 Å². The maximum Gasteiger partial charge on any atom is 0.191 e. The fraction of sp³-hybridized carbons (Fsp3) is 0.833. The van der Waals surface area contributed by atoms with Crippen LogP contribution in [-0.2, 0) is 4.43 Å². The zero-order valence-corrected chi connectivity index (χ0v) is 12.6. The third-order valence-corrected chi connectivity index (χ3v) is 8.05. The summed E-state index contributed by atoms with van der Waals surface area (Å²) in [5.74, 6) is 0.570. The zero-order chi connectivity index (χ0) is 12.1. The van der Waals surface area contributed by atoms with Gasteiger partial charge in [0.15, 0.2) is 8.32 Å². The van der Waals surface area contributed by atoms with E-state index in [2.05, 4.69) is 40.4 Å². The summed E-state index contributed by atoms with van der Waals surface area (Å²) in [4.78, 5) is 0. The standard InChI is InChI=1S/C12H25ClOSi/c1-11(10-13)8-7-9-14-15(5,6)12(2,3)4/h1,7-10H2,2-6H3. The average Bonchev–Trinajstić information content (AvgIpc) is 2.10. The Balaban J connectivity index is 3.82. The second-order valence-electron chi connectivity index (χ2n) is 5.60. The van der Waals surface area contributed by atoms with Crippen molar-refractivity contribution in [1.82, 2.24) is 0 Å². The fourth-order valence-corrected chi connectivity index (χ4v) is 2.15. The lowest BCUT2D eigenvalue weighted by Gasteiger charge is -2.36. The van der Waals surface area contributed by atoms with Crippen LogP contribution in [0.25, 0.3) is 0 Å². The summed E-state index contributed by atoms with van der Waals surface area (Å²) in [6.07, 6.45) is 2.02. The van der Waals surface area contributed by atoms with Gasteiger partial charge < -0.3 is 4.43 Å². The van der Waals surface area contributed by atoms with Crippen molar-refractivity contribution >= 4 is 19.9 Å². The molecule has 0 atom stereocenters. The maximum atomic E-state index is 6.04. The van der Waals surface area contributed by atoms with Crippen LogP contribution in [0.4, 0.5) is 0 Å². The van der Waals surface area contributed by atoms with Gasteiger partial charge in [-0.3, -0.25) is 0 Å². The van der Waals surface area contributed by atoms with Crippen LogP contribution >= 0.6 is 11.6 Å². The van der Waals surface area contributed by atoms with Crippen LogP contribution < -0.4 is 0 Å². The van der Waals surface area contributed by atoms with Gasteiger partial charge in [0.2, 0.25) is 0 Å². The Bertz CT molecular complexity index is 206. The Labute approximate surface area is 101 Å². The van der Waals surface area contributed by atoms with E-state index in [9.17, 15) is 0 Å². The van der Waals surface area contributed by atoms with Crippen molar-refractivity contribution in [3.05, 3.63) is 12.2 Å². The van der Waals surface area contributed by atoms with E-state index in [0.29, 0.717) is 10.9 Å². The van der Waals surface area contributed by atoms with Crippen molar-refractivity contribution in [2.75, 3.05) is 12.5 Å². The number of hydrogen-bond acceptors (Lipinski definition) is 1. The predicted octanol–water partition coefficient (Wildman–Crippen LogP) is 4.58. The SMILES string of the molecule is C=C(CCl)CCCO[Si](C)(C)C(C)(C)C. The summed E-state index contributed by atoms with van der Waals surface area (Å²) in [5.41, 5.74) is 1.11. The van der Waals surface area contributed by atoms with Crippen molar-refractivity contribution in [3.63, 3.8) is 0 Å². The molecule has 0 unspecified atom stereocenters. The second kappa shape index (κ2) is 6.07.